The van der Waals surface area contributed by atoms with Gasteiger partial charge in [-0.05, 0) is 32.2 Å². The summed E-state index contributed by atoms with van der Waals surface area (Å²) in [4.78, 5) is 2.62. The molecule has 0 spiro atoms. The van der Waals surface area contributed by atoms with Gasteiger partial charge in [-0.15, -0.1) is 0 Å². The van der Waals surface area contributed by atoms with Crippen LogP contribution in [0.1, 0.15) is 59.8 Å². The van der Waals surface area contributed by atoms with Crippen LogP contribution in [0.15, 0.2) is 0 Å². The second kappa shape index (κ2) is 12.9. The molecule has 0 bridgehead atoms. The smallest absolute Gasteiger partial charge is 0.0589 e. The minimum atomic E-state index is 0.627. The van der Waals surface area contributed by atoms with Crippen molar-refractivity contribution in [2.45, 2.75) is 71.9 Å². The summed E-state index contributed by atoms with van der Waals surface area (Å²) in [5.41, 5.74) is 0. The first kappa shape index (κ1) is 18.9. The Morgan fingerprint density at radius 3 is 2.21 bits per heavy atom. The van der Waals surface area contributed by atoms with E-state index in [1.54, 1.807) is 7.11 Å². The molecule has 1 atom stereocenters. The highest BCUT2D eigenvalue weighted by molar-refractivity contribution is 4.76. The van der Waals surface area contributed by atoms with E-state index in [2.05, 4.69) is 37.9 Å². The van der Waals surface area contributed by atoms with Gasteiger partial charge in [-0.2, -0.15) is 0 Å². The van der Waals surface area contributed by atoms with E-state index < -0.39 is 0 Å². The molecule has 116 valence electrons. The molecule has 19 heavy (non-hydrogen) atoms. The van der Waals surface area contributed by atoms with Crippen LogP contribution in [0, 0.1) is 0 Å². The number of rotatable bonds is 13. The van der Waals surface area contributed by atoms with Gasteiger partial charge in [-0.1, -0.05) is 34.1 Å². The van der Waals surface area contributed by atoms with Crippen LogP contribution in [0.3, 0.4) is 0 Å². The fraction of sp³-hybridized carbons (Fsp3) is 1.00. The molecule has 0 aliphatic rings. The molecule has 0 amide bonds. The molecule has 3 nitrogen and oxygen atoms in total. The first-order valence-corrected chi connectivity index (χ1v) is 8.19. The molecule has 0 fully saturated rings. The van der Waals surface area contributed by atoms with Crippen LogP contribution >= 0.6 is 0 Å². The second-order valence-corrected chi connectivity index (χ2v) is 5.40. The van der Waals surface area contributed by atoms with E-state index in [4.69, 9.17) is 4.74 Å². The Morgan fingerprint density at radius 2 is 1.74 bits per heavy atom. The van der Waals surface area contributed by atoms with E-state index in [0.29, 0.717) is 12.1 Å². The lowest BCUT2D eigenvalue weighted by molar-refractivity contribution is 0.105. The fourth-order valence-electron chi connectivity index (χ4n) is 2.67. The molecular formula is C16H36N2O. The summed E-state index contributed by atoms with van der Waals surface area (Å²) in [5, 5.41) is 3.70. The van der Waals surface area contributed by atoms with E-state index in [-0.39, 0.29) is 0 Å². The average Bonchev–Trinajstić information content (AvgIpc) is 2.43. The van der Waals surface area contributed by atoms with Crippen molar-refractivity contribution >= 4 is 0 Å². The molecule has 0 aromatic rings. The summed E-state index contributed by atoms with van der Waals surface area (Å²) < 4.78 is 5.27. The first-order valence-electron chi connectivity index (χ1n) is 8.19. The topological polar surface area (TPSA) is 24.5 Å². The summed E-state index contributed by atoms with van der Waals surface area (Å²) in [7, 11) is 1.80. The van der Waals surface area contributed by atoms with E-state index in [1.165, 1.54) is 32.1 Å². The number of nitrogens with one attached hydrogen (secondary N) is 1. The van der Waals surface area contributed by atoms with Crippen LogP contribution in [0.5, 0.6) is 0 Å². The molecule has 0 aromatic carbocycles. The third-order valence-corrected chi connectivity index (χ3v) is 3.82. The molecule has 0 aliphatic carbocycles. The maximum atomic E-state index is 5.27. The number of nitrogens with zero attached hydrogens (tertiary/aromatic N) is 1. The molecule has 0 saturated heterocycles. The molecule has 0 saturated carbocycles. The Morgan fingerprint density at radius 1 is 1.05 bits per heavy atom. The summed E-state index contributed by atoms with van der Waals surface area (Å²) >= 11 is 0. The van der Waals surface area contributed by atoms with Gasteiger partial charge in [0.05, 0.1) is 6.61 Å². The monoisotopic (exact) mass is 272 g/mol. The molecule has 3 heteroatoms. The Kier molecular flexibility index (Phi) is 12.8. The van der Waals surface area contributed by atoms with Crippen molar-refractivity contribution < 1.29 is 4.74 Å². The fourth-order valence-corrected chi connectivity index (χ4v) is 2.67. The van der Waals surface area contributed by atoms with Gasteiger partial charge in [0.1, 0.15) is 0 Å². The minimum Gasteiger partial charge on any atom is -0.383 e. The van der Waals surface area contributed by atoms with Gasteiger partial charge in [0, 0.05) is 32.3 Å². The number of methoxy groups -OCH3 is 1. The van der Waals surface area contributed by atoms with Crippen LogP contribution in [-0.2, 0) is 4.74 Å². The molecule has 0 heterocycles. The molecule has 0 rings (SSSR count). The third kappa shape index (κ3) is 8.61. The van der Waals surface area contributed by atoms with Gasteiger partial charge >= 0.3 is 0 Å². The lowest BCUT2D eigenvalue weighted by atomic mass is 10.1. The highest BCUT2D eigenvalue weighted by Crippen LogP contribution is 2.11. The Labute approximate surface area is 121 Å². The maximum absolute atomic E-state index is 5.27. The first-order chi connectivity index (χ1) is 9.23. The molecule has 0 aliphatic heterocycles. The zero-order valence-electron chi connectivity index (χ0n) is 13.9. The van der Waals surface area contributed by atoms with Crippen molar-refractivity contribution in [1.82, 2.24) is 10.2 Å². The van der Waals surface area contributed by atoms with Crippen LogP contribution in [-0.4, -0.2) is 50.3 Å². The van der Waals surface area contributed by atoms with Crippen molar-refractivity contribution in [3.05, 3.63) is 0 Å². The summed E-state index contributed by atoms with van der Waals surface area (Å²) in [6.07, 6.45) is 6.19. The molecule has 1 unspecified atom stereocenters. The molecule has 0 radical (unpaired) electrons. The second-order valence-electron chi connectivity index (χ2n) is 5.40. The maximum Gasteiger partial charge on any atom is 0.0589 e. The predicted molar refractivity (Wildman–Crippen MR) is 84.8 cm³/mol. The van der Waals surface area contributed by atoms with Gasteiger partial charge < -0.3 is 10.1 Å². The standard InChI is InChI=1S/C16H36N2O/c1-6-10-15(17-11-7-2)14-18(12-13-19-5)16(8-3)9-4/h15-17H,6-14H2,1-5H3. The van der Waals surface area contributed by atoms with Crippen molar-refractivity contribution in [3.8, 4) is 0 Å². The van der Waals surface area contributed by atoms with Gasteiger partial charge in [0.15, 0.2) is 0 Å². The summed E-state index contributed by atoms with van der Waals surface area (Å²) in [6.45, 7) is 13.3. The number of ether oxygens (including phenoxy) is 1. The average molecular weight is 272 g/mol. The number of hydrogen-bond acceptors (Lipinski definition) is 3. The zero-order valence-corrected chi connectivity index (χ0v) is 13.9. The lowest BCUT2D eigenvalue weighted by Gasteiger charge is -2.34. The molecular weight excluding hydrogens is 236 g/mol. The third-order valence-electron chi connectivity index (χ3n) is 3.82. The molecule has 0 aromatic heterocycles. The predicted octanol–water partition coefficient (Wildman–Crippen LogP) is 3.29. The van der Waals surface area contributed by atoms with Crippen molar-refractivity contribution in [2.24, 2.45) is 0 Å². The molecule has 1 N–H and O–H groups in total. The van der Waals surface area contributed by atoms with Gasteiger partial charge in [-0.25, -0.2) is 0 Å². The van der Waals surface area contributed by atoms with Crippen molar-refractivity contribution in [3.63, 3.8) is 0 Å². The SMILES string of the molecule is CCCNC(CCC)CN(CCOC)C(CC)CC. The van der Waals surface area contributed by atoms with Crippen molar-refractivity contribution in [1.29, 1.82) is 0 Å². The largest absolute Gasteiger partial charge is 0.383 e. The quantitative estimate of drug-likeness (QED) is 0.557. The van der Waals surface area contributed by atoms with E-state index in [0.717, 1.165) is 26.2 Å². The summed E-state index contributed by atoms with van der Waals surface area (Å²) in [5.74, 6) is 0. The Hall–Kier alpha value is -0.120. The van der Waals surface area contributed by atoms with Gasteiger partial charge in [0.2, 0.25) is 0 Å². The highest BCUT2D eigenvalue weighted by atomic mass is 16.5. The lowest BCUT2D eigenvalue weighted by Crippen LogP contribution is -2.46. The number of hydrogen-bond donors (Lipinski definition) is 1. The summed E-state index contributed by atoms with van der Waals surface area (Å²) in [6, 6.07) is 1.32. The van der Waals surface area contributed by atoms with Crippen LogP contribution < -0.4 is 5.32 Å². The van der Waals surface area contributed by atoms with E-state index >= 15 is 0 Å². The van der Waals surface area contributed by atoms with Crippen LogP contribution in [0.2, 0.25) is 0 Å². The van der Waals surface area contributed by atoms with E-state index in [1.807, 2.05) is 0 Å². The highest BCUT2D eigenvalue weighted by Gasteiger charge is 2.18. The Bertz CT molecular complexity index is 184. The van der Waals surface area contributed by atoms with Gasteiger partial charge in [0.25, 0.3) is 0 Å². The van der Waals surface area contributed by atoms with Crippen LogP contribution in [0.25, 0.3) is 0 Å². The normalized spacial score (nSPS) is 13.4. The Balaban J connectivity index is 4.43. The van der Waals surface area contributed by atoms with Crippen LogP contribution in [0.4, 0.5) is 0 Å². The van der Waals surface area contributed by atoms with Gasteiger partial charge in [-0.3, -0.25) is 4.90 Å². The zero-order chi connectivity index (χ0) is 14.5. The minimum absolute atomic E-state index is 0.627. The van der Waals surface area contributed by atoms with Crippen molar-refractivity contribution in [2.75, 3.05) is 33.4 Å². The van der Waals surface area contributed by atoms with E-state index in [9.17, 15) is 0 Å².